The van der Waals surface area contributed by atoms with E-state index in [0.717, 1.165) is 31.5 Å². The van der Waals surface area contributed by atoms with Gasteiger partial charge in [0.25, 0.3) is 0 Å². The van der Waals surface area contributed by atoms with Gasteiger partial charge in [0.05, 0.1) is 16.8 Å². The number of ether oxygens (including phenoxy) is 1. The maximum Gasteiger partial charge on any atom is 0.417 e. The van der Waals surface area contributed by atoms with Gasteiger partial charge in [0.2, 0.25) is 0 Å². The lowest BCUT2D eigenvalue weighted by Gasteiger charge is -2.20. The molecule has 1 fully saturated rings. The lowest BCUT2D eigenvalue weighted by molar-refractivity contribution is -0.142. The van der Waals surface area contributed by atoms with Crippen molar-refractivity contribution in [1.29, 1.82) is 0 Å². The highest BCUT2D eigenvalue weighted by Gasteiger charge is 2.38. The van der Waals surface area contributed by atoms with Crippen LogP contribution in [0, 0.1) is 5.82 Å². The zero-order chi connectivity index (χ0) is 23.7. The first kappa shape index (κ1) is 23.8. The van der Waals surface area contributed by atoms with Crippen molar-refractivity contribution in [1.82, 2.24) is 4.90 Å². The number of hydrogen-bond donors (Lipinski definition) is 1. The molecule has 1 saturated heterocycles. The highest BCUT2D eigenvalue weighted by Crippen LogP contribution is 2.43. The van der Waals surface area contributed by atoms with E-state index >= 15 is 0 Å². The lowest BCUT2D eigenvalue weighted by atomic mass is 9.95. The van der Waals surface area contributed by atoms with Crippen molar-refractivity contribution in [2.75, 3.05) is 25.5 Å². The van der Waals surface area contributed by atoms with Crippen LogP contribution in [0.2, 0.25) is 0 Å². The number of anilines is 1. The average molecular weight is 464 g/mol. The molecular formula is C21H19F7N2O2. The molecule has 2 aromatic carbocycles. The van der Waals surface area contributed by atoms with E-state index in [-0.39, 0.29) is 24.4 Å². The summed E-state index contributed by atoms with van der Waals surface area (Å²) in [7, 11) is 1.86. The number of nitrogens with one attached hydrogen (secondary N) is 1. The van der Waals surface area contributed by atoms with E-state index in [1.54, 1.807) is 0 Å². The molecule has 4 nitrogen and oxygen atoms in total. The zero-order valence-electron chi connectivity index (χ0n) is 16.8. The Kier molecular flexibility index (Phi) is 6.68. The summed E-state index contributed by atoms with van der Waals surface area (Å²) in [6.45, 7) is 0.888. The van der Waals surface area contributed by atoms with E-state index in [2.05, 4.69) is 5.32 Å². The van der Waals surface area contributed by atoms with Gasteiger partial charge < -0.3 is 9.64 Å². The molecule has 0 saturated carbocycles. The highest BCUT2D eigenvalue weighted by molar-refractivity contribution is 5.92. The lowest BCUT2D eigenvalue weighted by Crippen LogP contribution is -2.31. The molecule has 1 amide bonds. The molecule has 0 spiro atoms. The van der Waals surface area contributed by atoms with Crippen molar-refractivity contribution in [2.24, 2.45) is 0 Å². The number of alkyl halides is 6. The largest absolute Gasteiger partial charge is 0.448 e. The number of likely N-dealkylation sites (N-methyl/N-ethyl adjacent to an activating group) is 1. The minimum atomic E-state index is -5.16. The van der Waals surface area contributed by atoms with E-state index in [4.69, 9.17) is 4.74 Å². The van der Waals surface area contributed by atoms with Gasteiger partial charge in [-0.1, -0.05) is 6.07 Å². The molecule has 32 heavy (non-hydrogen) atoms. The predicted octanol–water partition coefficient (Wildman–Crippen LogP) is 6.17. The molecule has 1 aliphatic rings. The second-order valence-corrected chi connectivity index (χ2v) is 7.45. The molecule has 1 heterocycles. The van der Waals surface area contributed by atoms with E-state index in [0.29, 0.717) is 18.2 Å². The van der Waals surface area contributed by atoms with Crippen LogP contribution in [-0.2, 0) is 17.1 Å². The van der Waals surface area contributed by atoms with E-state index in [1.807, 2.05) is 11.9 Å². The quantitative estimate of drug-likeness (QED) is 0.550. The minimum absolute atomic E-state index is 0.000170. The number of amides is 1. The number of rotatable bonds is 4. The molecule has 2 aromatic rings. The van der Waals surface area contributed by atoms with Crippen LogP contribution in [0.4, 0.5) is 41.2 Å². The first-order valence-corrected chi connectivity index (χ1v) is 9.58. The van der Waals surface area contributed by atoms with Gasteiger partial charge in [-0.2, -0.15) is 26.3 Å². The minimum Gasteiger partial charge on any atom is -0.448 e. The van der Waals surface area contributed by atoms with Crippen LogP contribution >= 0.6 is 0 Å². The normalized spacial score (nSPS) is 17.4. The molecule has 11 heteroatoms. The van der Waals surface area contributed by atoms with Gasteiger partial charge >= 0.3 is 18.4 Å². The van der Waals surface area contributed by atoms with Crippen molar-refractivity contribution in [3.8, 4) is 11.1 Å². The SMILES string of the molecule is CN1CCC[C@H]1COC(=O)Nc1ccc(F)cc1-c1ccc(C(F)(F)F)cc1C(F)(F)F. The summed E-state index contributed by atoms with van der Waals surface area (Å²) in [5.74, 6) is -0.931. The number of carbonyl (C=O) groups is 1. The fourth-order valence-electron chi connectivity index (χ4n) is 3.55. The van der Waals surface area contributed by atoms with Crippen LogP contribution in [-0.4, -0.2) is 37.2 Å². The summed E-state index contributed by atoms with van der Waals surface area (Å²) >= 11 is 0. The van der Waals surface area contributed by atoms with Crippen molar-refractivity contribution in [2.45, 2.75) is 31.2 Å². The summed E-state index contributed by atoms with van der Waals surface area (Å²) in [6, 6.07) is 3.65. The molecule has 1 N–H and O–H groups in total. The Balaban J connectivity index is 1.93. The molecule has 0 radical (unpaired) electrons. The van der Waals surface area contributed by atoms with Gasteiger partial charge in [-0.05, 0) is 62.3 Å². The summed E-state index contributed by atoms with van der Waals surface area (Å²) in [6.07, 6.45) is -9.39. The zero-order valence-corrected chi connectivity index (χ0v) is 16.8. The van der Waals surface area contributed by atoms with Crippen molar-refractivity contribution >= 4 is 11.8 Å². The summed E-state index contributed by atoms with van der Waals surface area (Å²) < 4.78 is 98.5. The second-order valence-electron chi connectivity index (χ2n) is 7.45. The summed E-state index contributed by atoms with van der Waals surface area (Å²) in [5, 5.41) is 2.26. The van der Waals surface area contributed by atoms with Gasteiger partial charge in [-0.25, -0.2) is 9.18 Å². The Hall–Kier alpha value is -2.82. The maximum absolute atomic E-state index is 13.9. The third-order valence-corrected chi connectivity index (χ3v) is 5.24. The van der Waals surface area contributed by atoms with Crippen molar-refractivity contribution < 1.29 is 40.3 Å². The summed E-state index contributed by atoms with van der Waals surface area (Å²) in [4.78, 5) is 14.2. The van der Waals surface area contributed by atoms with Gasteiger partial charge in [0, 0.05) is 11.6 Å². The van der Waals surface area contributed by atoms with Gasteiger partial charge in [-0.3, -0.25) is 5.32 Å². The molecule has 0 aliphatic carbocycles. The molecule has 174 valence electrons. The number of carbonyl (C=O) groups excluding carboxylic acids is 1. The molecule has 0 aromatic heterocycles. The topological polar surface area (TPSA) is 41.6 Å². The van der Waals surface area contributed by atoms with Crippen LogP contribution in [0.3, 0.4) is 0 Å². The molecule has 1 aliphatic heterocycles. The van der Waals surface area contributed by atoms with Crippen molar-refractivity contribution in [3.63, 3.8) is 0 Å². The Bertz CT molecular complexity index is 989. The standard InChI is InChI=1S/C21H19F7N2O2/c1-30-8-2-3-14(30)11-32-19(31)29-18-7-5-13(22)10-16(18)15-6-4-12(20(23,24)25)9-17(15)21(26,27)28/h4-7,9-10,14H,2-3,8,11H2,1H3,(H,29,31)/t14-/m0/s1. The van der Waals surface area contributed by atoms with Crippen LogP contribution in [0.15, 0.2) is 36.4 Å². The molecular weight excluding hydrogens is 445 g/mol. The predicted molar refractivity (Wildman–Crippen MR) is 102 cm³/mol. The molecule has 0 unspecified atom stereocenters. The van der Waals surface area contributed by atoms with Crippen LogP contribution in [0.25, 0.3) is 11.1 Å². The first-order valence-electron chi connectivity index (χ1n) is 9.58. The Morgan fingerprint density at radius 2 is 1.78 bits per heavy atom. The van der Waals surface area contributed by atoms with Crippen LogP contribution < -0.4 is 5.32 Å². The van der Waals surface area contributed by atoms with E-state index < -0.39 is 46.5 Å². The third-order valence-electron chi connectivity index (χ3n) is 5.24. The number of halogens is 7. The average Bonchev–Trinajstić information content (AvgIpc) is 3.11. The molecule has 3 rings (SSSR count). The smallest absolute Gasteiger partial charge is 0.417 e. The Morgan fingerprint density at radius 1 is 1.06 bits per heavy atom. The monoisotopic (exact) mass is 464 g/mol. The molecule has 1 atom stereocenters. The highest BCUT2D eigenvalue weighted by atomic mass is 19.4. The fourth-order valence-corrected chi connectivity index (χ4v) is 3.55. The van der Waals surface area contributed by atoms with Crippen LogP contribution in [0.1, 0.15) is 24.0 Å². The second kappa shape index (κ2) is 8.97. The number of nitrogens with zero attached hydrogens (tertiary/aromatic N) is 1. The van der Waals surface area contributed by atoms with Crippen LogP contribution in [0.5, 0.6) is 0 Å². The fraction of sp³-hybridized carbons (Fsp3) is 0.381. The van der Waals surface area contributed by atoms with Crippen molar-refractivity contribution in [3.05, 3.63) is 53.3 Å². The number of benzene rings is 2. The summed E-state index contributed by atoms with van der Waals surface area (Å²) in [5.41, 5.74) is -4.49. The van der Waals surface area contributed by atoms with E-state index in [1.165, 1.54) is 0 Å². The molecule has 0 bridgehead atoms. The van der Waals surface area contributed by atoms with Gasteiger partial charge in [0.1, 0.15) is 12.4 Å². The third kappa shape index (κ3) is 5.50. The number of likely N-dealkylation sites (tertiary alicyclic amines) is 1. The van der Waals surface area contributed by atoms with Gasteiger partial charge in [-0.15, -0.1) is 0 Å². The number of hydrogen-bond acceptors (Lipinski definition) is 3. The van der Waals surface area contributed by atoms with Gasteiger partial charge in [0.15, 0.2) is 0 Å². The maximum atomic E-state index is 13.9. The first-order chi connectivity index (χ1) is 14.9. The Labute approximate surface area is 179 Å². The Morgan fingerprint density at radius 3 is 2.38 bits per heavy atom. The van der Waals surface area contributed by atoms with E-state index in [9.17, 15) is 35.5 Å².